The average Bonchev–Trinajstić information content (AvgIpc) is 2.70. The van der Waals surface area contributed by atoms with Crippen LogP contribution in [0.3, 0.4) is 0 Å². The predicted octanol–water partition coefficient (Wildman–Crippen LogP) is 1.67. The van der Waals surface area contributed by atoms with Gasteiger partial charge in [0.25, 0.3) is 0 Å². The highest BCUT2D eigenvalue weighted by molar-refractivity contribution is 7.16. The molecule has 2 aromatic heterocycles. The molecule has 0 aliphatic rings. The summed E-state index contributed by atoms with van der Waals surface area (Å²) < 4.78 is 4.95. The number of ether oxygens (including phenoxy) is 1. The molecule has 16 heavy (non-hydrogen) atoms. The topological polar surface area (TPSA) is 84.8 Å². The highest BCUT2D eigenvalue weighted by Crippen LogP contribution is 2.28. The molecule has 2 N–H and O–H groups in total. The molecular weight excluding hydrogens is 224 g/mol. The predicted molar refractivity (Wildman–Crippen MR) is 61.0 cm³/mol. The first-order valence-electron chi connectivity index (χ1n) is 4.41. The van der Waals surface area contributed by atoms with E-state index in [1.165, 1.54) is 11.3 Å². The number of hydrogen-bond donors (Lipinski definition) is 1. The minimum atomic E-state index is 0.377. The SMILES string of the molecule is COc1ccc(-c2nc(N)sc2C#N)cn1. The van der Waals surface area contributed by atoms with Gasteiger partial charge in [0.2, 0.25) is 5.88 Å². The summed E-state index contributed by atoms with van der Waals surface area (Å²) in [6, 6.07) is 5.57. The van der Waals surface area contributed by atoms with Gasteiger partial charge in [0.15, 0.2) is 5.13 Å². The van der Waals surface area contributed by atoms with Crippen molar-refractivity contribution < 1.29 is 4.74 Å². The summed E-state index contributed by atoms with van der Waals surface area (Å²) in [5.74, 6) is 0.519. The molecule has 0 fully saturated rings. The maximum atomic E-state index is 8.91. The molecule has 0 bridgehead atoms. The van der Waals surface area contributed by atoms with Crippen molar-refractivity contribution >= 4 is 16.5 Å². The number of thiazole rings is 1. The van der Waals surface area contributed by atoms with E-state index in [1.807, 2.05) is 0 Å². The molecule has 80 valence electrons. The van der Waals surface area contributed by atoms with E-state index in [-0.39, 0.29) is 0 Å². The number of nitrogens with two attached hydrogens (primary N) is 1. The molecule has 0 spiro atoms. The summed E-state index contributed by atoms with van der Waals surface area (Å²) >= 11 is 1.17. The van der Waals surface area contributed by atoms with Crippen molar-refractivity contribution in [1.29, 1.82) is 5.26 Å². The van der Waals surface area contributed by atoms with Crippen LogP contribution in [0.4, 0.5) is 5.13 Å². The highest BCUT2D eigenvalue weighted by atomic mass is 32.1. The van der Waals surface area contributed by atoms with E-state index in [1.54, 1.807) is 25.4 Å². The Morgan fingerprint density at radius 3 is 2.88 bits per heavy atom. The van der Waals surface area contributed by atoms with Gasteiger partial charge in [0, 0.05) is 17.8 Å². The Morgan fingerprint density at radius 1 is 1.50 bits per heavy atom. The van der Waals surface area contributed by atoms with Crippen LogP contribution in [0.5, 0.6) is 5.88 Å². The van der Waals surface area contributed by atoms with Crippen LogP contribution in [0, 0.1) is 11.3 Å². The number of hydrogen-bond acceptors (Lipinski definition) is 6. The van der Waals surface area contributed by atoms with Gasteiger partial charge in [0.05, 0.1) is 7.11 Å². The molecule has 0 saturated carbocycles. The van der Waals surface area contributed by atoms with Crippen molar-refractivity contribution in [2.24, 2.45) is 0 Å². The van der Waals surface area contributed by atoms with Crippen molar-refractivity contribution in [2.75, 3.05) is 12.8 Å². The molecule has 0 amide bonds. The third kappa shape index (κ3) is 1.81. The second-order valence-electron chi connectivity index (χ2n) is 2.93. The van der Waals surface area contributed by atoms with Crippen LogP contribution in [0.15, 0.2) is 18.3 Å². The van der Waals surface area contributed by atoms with E-state index in [0.29, 0.717) is 21.6 Å². The van der Waals surface area contributed by atoms with Crippen molar-refractivity contribution in [3.63, 3.8) is 0 Å². The van der Waals surface area contributed by atoms with Crippen molar-refractivity contribution in [3.8, 4) is 23.2 Å². The van der Waals surface area contributed by atoms with Crippen LogP contribution >= 0.6 is 11.3 Å². The maximum Gasteiger partial charge on any atom is 0.212 e. The zero-order chi connectivity index (χ0) is 11.5. The molecule has 2 rings (SSSR count). The standard InChI is InChI=1S/C10H8N4OS/c1-15-8-3-2-6(5-13-8)9-7(4-11)16-10(12)14-9/h2-3,5H,1H3,(H2,12,14). The summed E-state index contributed by atoms with van der Waals surface area (Å²) in [5.41, 5.74) is 6.88. The van der Waals surface area contributed by atoms with Gasteiger partial charge in [-0.05, 0) is 6.07 Å². The van der Waals surface area contributed by atoms with E-state index in [2.05, 4.69) is 16.0 Å². The van der Waals surface area contributed by atoms with Crippen molar-refractivity contribution in [1.82, 2.24) is 9.97 Å². The van der Waals surface area contributed by atoms with Crippen LogP contribution in [0.2, 0.25) is 0 Å². The lowest BCUT2D eigenvalue weighted by Crippen LogP contribution is -1.89. The minimum Gasteiger partial charge on any atom is -0.481 e. The number of pyridine rings is 1. The van der Waals surface area contributed by atoms with Crippen molar-refractivity contribution in [3.05, 3.63) is 23.2 Å². The van der Waals surface area contributed by atoms with Gasteiger partial charge in [-0.2, -0.15) is 5.26 Å². The third-order valence-corrected chi connectivity index (χ3v) is 2.75. The number of methoxy groups -OCH3 is 1. The first-order valence-corrected chi connectivity index (χ1v) is 5.23. The monoisotopic (exact) mass is 232 g/mol. The summed E-state index contributed by atoms with van der Waals surface area (Å²) in [6.07, 6.45) is 1.61. The highest BCUT2D eigenvalue weighted by Gasteiger charge is 2.11. The van der Waals surface area contributed by atoms with Gasteiger partial charge in [-0.1, -0.05) is 11.3 Å². The molecule has 0 unspecified atom stereocenters. The molecule has 2 aromatic rings. The third-order valence-electron chi connectivity index (χ3n) is 1.96. The fourth-order valence-corrected chi connectivity index (χ4v) is 1.90. The lowest BCUT2D eigenvalue weighted by molar-refractivity contribution is 0.398. The van der Waals surface area contributed by atoms with Crippen LogP contribution in [-0.4, -0.2) is 17.1 Å². The quantitative estimate of drug-likeness (QED) is 0.851. The zero-order valence-electron chi connectivity index (χ0n) is 8.47. The second kappa shape index (κ2) is 4.16. The van der Waals surface area contributed by atoms with Gasteiger partial charge >= 0.3 is 0 Å². The lowest BCUT2D eigenvalue weighted by Gasteiger charge is -1.99. The van der Waals surface area contributed by atoms with E-state index in [0.717, 1.165) is 5.56 Å². The number of rotatable bonds is 2. The molecule has 0 saturated heterocycles. The van der Waals surface area contributed by atoms with Gasteiger partial charge in [-0.3, -0.25) is 0 Å². The first kappa shape index (κ1) is 10.4. The molecule has 0 aliphatic heterocycles. The summed E-state index contributed by atoms with van der Waals surface area (Å²) in [4.78, 5) is 8.64. The molecule has 0 aliphatic carbocycles. The van der Waals surface area contributed by atoms with E-state index >= 15 is 0 Å². The Bertz CT molecular complexity index is 541. The normalized spacial score (nSPS) is 9.75. The average molecular weight is 232 g/mol. The van der Waals surface area contributed by atoms with Gasteiger partial charge in [0.1, 0.15) is 16.6 Å². The van der Waals surface area contributed by atoms with E-state index in [9.17, 15) is 0 Å². The van der Waals surface area contributed by atoms with E-state index in [4.69, 9.17) is 15.7 Å². The van der Waals surface area contributed by atoms with Crippen molar-refractivity contribution in [2.45, 2.75) is 0 Å². The zero-order valence-corrected chi connectivity index (χ0v) is 9.28. The summed E-state index contributed by atoms with van der Waals surface area (Å²) in [5, 5.41) is 9.29. The van der Waals surface area contributed by atoms with Crippen LogP contribution < -0.4 is 10.5 Å². The fraction of sp³-hybridized carbons (Fsp3) is 0.100. The lowest BCUT2D eigenvalue weighted by atomic mass is 10.2. The smallest absolute Gasteiger partial charge is 0.212 e. The first-order chi connectivity index (χ1) is 7.74. The molecule has 0 atom stereocenters. The summed E-state index contributed by atoms with van der Waals surface area (Å²) in [7, 11) is 1.55. The number of nitriles is 1. The van der Waals surface area contributed by atoms with Crippen LogP contribution in [0.25, 0.3) is 11.3 Å². The Kier molecular flexibility index (Phi) is 2.70. The molecule has 2 heterocycles. The molecule has 0 aromatic carbocycles. The fourth-order valence-electron chi connectivity index (χ4n) is 1.25. The second-order valence-corrected chi connectivity index (χ2v) is 3.96. The molecular formula is C10H8N4OS. The summed E-state index contributed by atoms with van der Waals surface area (Å²) in [6.45, 7) is 0. The van der Waals surface area contributed by atoms with E-state index < -0.39 is 0 Å². The number of aromatic nitrogens is 2. The van der Waals surface area contributed by atoms with Crippen LogP contribution in [-0.2, 0) is 0 Å². The van der Waals surface area contributed by atoms with Gasteiger partial charge in [-0.25, -0.2) is 9.97 Å². The molecule has 6 heteroatoms. The van der Waals surface area contributed by atoms with Crippen LogP contribution in [0.1, 0.15) is 4.88 Å². The molecule has 0 radical (unpaired) electrons. The Balaban J connectivity index is 2.46. The Labute approximate surface area is 96.1 Å². The maximum absolute atomic E-state index is 8.91. The Hall–Kier alpha value is -2.13. The minimum absolute atomic E-state index is 0.377. The number of anilines is 1. The largest absolute Gasteiger partial charge is 0.481 e. The van der Waals surface area contributed by atoms with Gasteiger partial charge in [-0.15, -0.1) is 0 Å². The molecule has 5 nitrogen and oxygen atoms in total. The number of nitrogen functional groups attached to an aromatic ring is 1. The van der Waals surface area contributed by atoms with Gasteiger partial charge < -0.3 is 10.5 Å². The Morgan fingerprint density at radius 2 is 2.31 bits per heavy atom. The number of nitrogens with zero attached hydrogens (tertiary/aromatic N) is 3.